The van der Waals surface area contributed by atoms with Crippen molar-refractivity contribution in [1.29, 1.82) is 0 Å². The summed E-state index contributed by atoms with van der Waals surface area (Å²) in [4.78, 5) is 41.4. The Hall–Kier alpha value is -3.35. The molecule has 2 fully saturated rings. The van der Waals surface area contributed by atoms with Gasteiger partial charge in [-0.05, 0) is 36.4 Å². The van der Waals surface area contributed by atoms with E-state index in [9.17, 15) is 14.4 Å². The highest BCUT2D eigenvalue weighted by molar-refractivity contribution is 5.99. The van der Waals surface area contributed by atoms with E-state index in [2.05, 4.69) is 4.90 Å². The third-order valence-corrected chi connectivity index (χ3v) is 5.59. The number of hydrogen-bond acceptors (Lipinski definition) is 4. The van der Waals surface area contributed by atoms with E-state index in [0.717, 1.165) is 24.5 Å². The van der Waals surface area contributed by atoms with Gasteiger partial charge < -0.3 is 19.8 Å². The Labute approximate surface area is 169 Å². The van der Waals surface area contributed by atoms with Gasteiger partial charge in [0.2, 0.25) is 5.91 Å². The number of aliphatic carboxylic acids is 1. The number of carboxylic acids is 1. The molecule has 1 atom stereocenters. The first-order chi connectivity index (χ1) is 14.0. The van der Waals surface area contributed by atoms with Crippen LogP contribution in [0.2, 0.25) is 0 Å². The van der Waals surface area contributed by atoms with Crippen LogP contribution in [-0.2, 0) is 9.59 Å². The van der Waals surface area contributed by atoms with Gasteiger partial charge in [-0.2, -0.15) is 0 Å². The predicted molar refractivity (Wildman–Crippen MR) is 109 cm³/mol. The Bertz CT molecular complexity index is 905. The molecule has 2 aromatic rings. The lowest BCUT2D eigenvalue weighted by Gasteiger charge is -2.36. The van der Waals surface area contributed by atoms with Crippen LogP contribution < -0.4 is 9.80 Å². The van der Waals surface area contributed by atoms with Gasteiger partial charge in [-0.3, -0.25) is 14.4 Å². The van der Waals surface area contributed by atoms with Gasteiger partial charge in [0, 0.05) is 56.1 Å². The summed E-state index contributed by atoms with van der Waals surface area (Å²) in [5, 5.41) is 9.13. The highest BCUT2D eigenvalue weighted by Gasteiger charge is 2.35. The van der Waals surface area contributed by atoms with Gasteiger partial charge in [-0.15, -0.1) is 0 Å². The number of anilines is 2. The standard InChI is InChI=1S/C22H23N3O4/c26-20-14-17(22(28)29)15-25(20)19-8-6-18(7-9-19)23-10-12-24(13-11-23)21(27)16-4-2-1-3-5-16/h1-9,17H,10-15H2,(H,28,29)/t17-/m0/s1. The van der Waals surface area contributed by atoms with Crippen LogP contribution in [0.4, 0.5) is 11.4 Å². The highest BCUT2D eigenvalue weighted by atomic mass is 16.4. The number of carbonyl (C=O) groups excluding carboxylic acids is 2. The van der Waals surface area contributed by atoms with Crippen molar-refractivity contribution in [3.05, 3.63) is 60.2 Å². The van der Waals surface area contributed by atoms with Gasteiger partial charge in [-0.1, -0.05) is 18.2 Å². The van der Waals surface area contributed by atoms with Gasteiger partial charge in [0.25, 0.3) is 5.91 Å². The van der Waals surface area contributed by atoms with Crippen molar-refractivity contribution in [2.75, 3.05) is 42.5 Å². The van der Waals surface area contributed by atoms with E-state index in [1.54, 1.807) is 4.90 Å². The molecule has 2 heterocycles. The fourth-order valence-electron chi connectivity index (χ4n) is 3.90. The minimum Gasteiger partial charge on any atom is -0.481 e. The van der Waals surface area contributed by atoms with E-state index in [-0.39, 0.29) is 24.8 Å². The quantitative estimate of drug-likeness (QED) is 0.860. The van der Waals surface area contributed by atoms with Crippen LogP contribution in [-0.4, -0.2) is 60.5 Å². The molecule has 0 saturated carbocycles. The molecule has 2 aromatic carbocycles. The number of piperazine rings is 1. The Balaban J connectivity index is 1.37. The van der Waals surface area contributed by atoms with E-state index in [0.29, 0.717) is 18.7 Å². The number of amides is 2. The fourth-order valence-corrected chi connectivity index (χ4v) is 3.90. The molecule has 1 N–H and O–H groups in total. The van der Waals surface area contributed by atoms with E-state index in [4.69, 9.17) is 5.11 Å². The lowest BCUT2D eigenvalue weighted by molar-refractivity contribution is -0.141. The summed E-state index contributed by atoms with van der Waals surface area (Å²) in [6, 6.07) is 16.9. The second kappa shape index (κ2) is 7.95. The molecule has 4 rings (SSSR count). The van der Waals surface area contributed by atoms with E-state index in [1.807, 2.05) is 59.5 Å². The molecule has 0 spiro atoms. The zero-order chi connectivity index (χ0) is 20.4. The molecular formula is C22H23N3O4. The summed E-state index contributed by atoms with van der Waals surface area (Å²) in [6.07, 6.45) is 0.0501. The van der Waals surface area contributed by atoms with Crippen molar-refractivity contribution in [1.82, 2.24) is 4.90 Å². The van der Waals surface area contributed by atoms with E-state index in [1.165, 1.54) is 0 Å². The maximum atomic E-state index is 12.6. The summed E-state index contributed by atoms with van der Waals surface area (Å²) < 4.78 is 0. The van der Waals surface area contributed by atoms with Crippen LogP contribution in [0.25, 0.3) is 0 Å². The molecule has 150 valence electrons. The fraction of sp³-hybridized carbons (Fsp3) is 0.318. The number of carboxylic acid groups (broad SMARTS) is 1. The Morgan fingerprint density at radius 2 is 1.48 bits per heavy atom. The Morgan fingerprint density at radius 3 is 2.07 bits per heavy atom. The maximum Gasteiger partial charge on any atom is 0.308 e. The van der Waals surface area contributed by atoms with Crippen LogP contribution in [0.5, 0.6) is 0 Å². The highest BCUT2D eigenvalue weighted by Crippen LogP contribution is 2.28. The number of nitrogens with zero attached hydrogens (tertiary/aromatic N) is 3. The van der Waals surface area contributed by atoms with E-state index < -0.39 is 11.9 Å². The summed E-state index contributed by atoms with van der Waals surface area (Å²) in [5.41, 5.74) is 2.46. The smallest absolute Gasteiger partial charge is 0.308 e. The number of benzene rings is 2. The van der Waals surface area contributed by atoms with Gasteiger partial charge in [0.1, 0.15) is 0 Å². The van der Waals surface area contributed by atoms with Crippen LogP contribution in [0.1, 0.15) is 16.8 Å². The Morgan fingerprint density at radius 1 is 0.862 bits per heavy atom. The van der Waals surface area contributed by atoms with Gasteiger partial charge in [-0.25, -0.2) is 0 Å². The first-order valence-electron chi connectivity index (χ1n) is 9.75. The average Bonchev–Trinajstić information content (AvgIpc) is 3.16. The summed E-state index contributed by atoms with van der Waals surface area (Å²) in [6.45, 7) is 3.00. The van der Waals surface area contributed by atoms with Crippen LogP contribution in [0, 0.1) is 5.92 Å². The third kappa shape index (κ3) is 3.94. The van der Waals surface area contributed by atoms with Crippen molar-refractivity contribution in [3.8, 4) is 0 Å². The molecule has 2 saturated heterocycles. The lowest BCUT2D eigenvalue weighted by Crippen LogP contribution is -2.48. The summed E-state index contributed by atoms with van der Waals surface area (Å²) in [5.74, 6) is -1.67. The van der Waals surface area contributed by atoms with Gasteiger partial charge in [0.15, 0.2) is 0 Å². The van der Waals surface area contributed by atoms with Gasteiger partial charge >= 0.3 is 5.97 Å². The molecule has 2 aliphatic rings. The van der Waals surface area contributed by atoms with Crippen molar-refractivity contribution in [2.45, 2.75) is 6.42 Å². The molecule has 7 nitrogen and oxygen atoms in total. The predicted octanol–water partition coefficient (Wildman–Crippen LogP) is 2.09. The van der Waals surface area contributed by atoms with Crippen LogP contribution in [0.15, 0.2) is 54.6 Å². The lowest BCUT2D eigenvalue weighted by atomic mass is 10.1. The molecule has 29 heavy (non-hydrogen) atoms. The zero-order valence-corrected chi connectivity index (χ0v) is 16.0. The maximum absolute atomic E-state index is 12.6. The largest absolute Gasteiger partial charge is 0.481 e. The minimum absolute atomic E-state index is 0.0501. The summed E-state index contributed by atoms with van der Waals surface area (Å²) >= 11 is 0. The molecule has 2 amide bonds. The van der Waals surface area contributed by atoms with Crippen molar-refractivity contribution < 1.29 is 19.5 Å². The van der Waals surface area contributed by atoms with Crippen LogP contribution >= 0.6 is 0 Å². The number of hydrogen-bond donors (Lipinski definition) is 1. The van der Waals surface area contributed by atoms with Crippen molar-refractivity contribution >= 4 is 29.2 Å². The average molecular weight is 393 g/mol. The van der Waals surface area contributed by atoms with E-state index >= 15 is 0 Å². The molecule has 2 aliphatic heterocycles. The number of carbonyl (C=O) groups is 3. The second-order valence-electron chi connectivity index (χ2n) is 7.41. The first kappa shape index (κ1) is 19.0. The molecule has 7 heteroatoms. The van der Waals surface area contributed by atoms with Crippen LogP contribution in [0.3, 0.4) is 0 Å². The second-order valence-corrected chi connectivity index (χ2v) is 7.41. The monoisotopic (exact) mass is 393 g/mol. The molecule has 0 aliphatic carbocycles. The molecule has 0 aromatic heterocycles. The molecule has 0 radical (unpaired) electrons. The van der Waals surface area contributed by atoms with Gasteiger partial charge in [0.05, 0.1) is 5.92 Å². The number of rotatable bonds is 4. The van der Waals surface area contributed by atoms with Crippen molar-refractivity contribution in [3.63, 3.8) is 0 Å². The topological polar surface area (TPSA) is 81.2 Å². The van der Waals surface area contributed by atoms with Crippen molar-refractivity contribution in [2.24, 2.45) is 5.92 Å². The first-order valence-corrected chi connectivity index (χ1v) is 9.75. The normalized spacial score (nSPS) is 19.5. The SMILES string of the molecule is O=C(O)[C@H]1CC(=O)N(c2ccc(N3CCN(C(=O)c4ccccc4)CC3)cc2)C1. The minimum atomic E-state index is -0.930. The molecule has 0 unspecified atom stereocenters. The summed E-state index contributed by atoms with van der Waals surface area (Å²) in [7, 11) is 0. The third-order valence-electron chi connectivity index (χ3n) is 5.59. The Kier molecular flexibility index (Phi) is 5.20. The molecular weight excluding hydrogens is 370 g/mol. The zero-order valence-electron chi connectivity index (χ0n) is 16.0. The molecule has 0 bridgehead atoms.